The van der Waals surface area contributed by atoms with Crippen LogP contribution >= 0.6 is 11.3 Å². The maximum absolute atomic E-state index is 13.1. The van der Waals surface area contributed by atoms with E-state index in [1.165, 1.54) is 36.7 Å². The lowest BCUT2D eigenvalue weighted by Crippen LogP contribution is -2.56. The van der Waals surface area contributed by atoms with Crippen molar-refractivity contribution in [3.63, 3.8) is 0 Å². The van der Waals surface area contributed by atoms with E-state index in [0.717, 1.165) is 33.9 Å². The minimum atomic E-state index is -0.197. The van der Waals surface area contributed by atoms with E-state index in [-0.39, 0.29) is 5.82 Å². The van der Waals surface area contributed by atoms with Crippen LogP contribution in [0.25, 0.3) is 10.2 Å². The van der Waals surface area contributed by atoms with Crippen molar-refractivity contribution in [2.45, 2.75) is 31.3 Å². The van der Waals surface area contributed by atoms with E-state index in [1.807, 2.05) is 0 Å². The van der Waals surface area contributed by atoms with E-state index in [9.17, 15) is 4.39 Å². The second-order valence-electron chi connectivity index (χ2n) is 5.65. The van der Waals surface area contributed by atoms with Crippen molar-refractivity contribution in [3.05, 3.63) is 24.0 Å². The molecular weight excluding hydrogens is 261 g/mol. The third-order valence-electron chi connectivity index (χ3n) is 4.18. The third kappa shape index (κ3) is 2.21. The molecule has 3 heterocycles. The molecule has 0 radical (unpaired) electrons. The van der Waals surface area contributed by atoms with Gasteiger partial charge in [0.1, 0.15) is 5.82 Å². The van der Waals surface area contributed by atoms with E-state index in [0.29, 0.717) is 6.04 Å². The smallest absolute Gasteiger partial charge is 0.183 e. The van der Waals surface area contributed by atoms with Crippen LogP contribution in [0, 0.1) is 11.7 Å². The summed E-state index contributed by atoms with van der Waals surface area (Å²) in [5, 5.41) is 7.93. The van der Waals surface area contributed by atoms with Gasteiger partial charge in [-0.2, -0.15) is 0 Å². The van der Waals surface area contributed by atoms with Crippen molar-refractivity contribution < 1.29 is 4.39 Å². The maximum atomic E-state index is 13.1. The normalized spacial score (nSPS) is 29.2. The lowest BCUT2D eigenvalue weighted by molar-refractivity contribution is 0.121. The van der Waals surface area contributed by atoms with Crippen LogP contribution in [0.15, 0.2) is 18.2 Å². The highest BCUT2D eigenvalue weighted by atomic mass is 32.1. The lowest BCUT2D eigenvalue weighted by Gasteiger charge is -2.46. The molecule has 19 heavy (non-hydrogen) atoms. The van der Waals surface area contributed by atoms with Crippen LogP contribution in [-0.4, -0.2) is 23.6 Å². The second kappa shape index (κ2) is 4.42. The standard InChI is InChI=1S/C14H16FN3S/c15-9-1-2-12-13(6-9)19-14(18-12)16-7-11-5-8-3-10(4-8)17-11/h1-2,6,8,10-11,17H,3-5,7H2,(H,16,18). The first-order valence-electron chi connectivity index (χ1n) is 6.82. The minimum absolute atomic E-state index is 0.197. The van der Waals surface area contributed by atoms with Gasteiger partial charge in [0.2, 0.25) is 0 Å². The van der Waals surface area contributed by atoms with Crippen LogP contribution in [0.5, 0.6) is 0 Å². The van der Waals surface area contributed by atoms with Gasteiger partial charge in [-0.05, 0) is 43.4 Å². The molecule has 0 amide bonds. The molecule has 5 rings (SSSR count). The molecule has 3 nitrogen and oxygen atoms in total. The van der Waals surface area contributed by atoms with Crippen molar-refractivity contribution in [1.29, 1.82) is 0 Å². The van der Waals surface area contributed by atoms with E-state index in [1.54, 1.807) is 12.1 Å². The summed E-state index contributed by atoms with van der Waals surface area (Å²) in [7, 11) is 0. The summed E-state index contributed by atoms with van der Waals surface area (Å²) in [6, 6.07) is 6.05. The molecular formula is C14H16FN3S. The number of hydrogen-bond acceptors (Lipinski definition) is 4. The van der Waals surface area contributed by atoms with Gasteiger partial charge >= 0.3 is 0 Å². The van der Waals surface area contributed by atoms with Gasteiger partial charge < -0.3 is 10.6 Å². The quantitative estimate of drug-likeness (QED) is 0.905. The van der Waals surface area contributed by atoms with Gasteiger partial charge in [0.05, 0.1) is 10.2 Å². The molecule has 1 saturated carbocycles. The van der Waals surface area contributed by atoms with Gasteiger partial charge in [0.15, 0.2) is 5.13 Å². The van der Waals surface area contributed by atoms with E-state index >= 15 is 0 Å². The van der Waals surface area contributed by atoms with Crippen LogP contribution in [0.2, 0.25) is 0 Å². The second-order valence-corrected chi connectivity index (χ2v) is 6.68. The summed E-state index contributed by atoms with van der Waals surface area (Å²) in [6.07, 6.45) is 3.98. The minimum Gasteiger partial charge on any atom is -0.360 e. The van der Waals surface area contributed by atoms with Crippen molar-refractivity contribution in [2.24, 2.45) is 5.92 Å². The van der Waals surface area contributed by atoms with Crippen LogP contribution in [0.3, 0.4) is 0 Å². The zero-order valence-electron chi connectivity index (χ0n) is 10.5. The first-order valence-corrected chi connectivity index (χ1v) is 7.64. The molecule has 2 N–H and O–H groups in total. The topological polar surface area (TPSA) is 37.0 Å². The van der Waals surface area contributed by atoms with Crippen LogP contribution in [0.4, 0.5) is 9.52 Å². The monoisotopic (exact) mass is 277 g/mol. The number of nitrogens with one attached hydrogen (secondary N) is 2. The number of nitrogens with zero attached hydrogens (tertiary/aromatic N) is 1. The largest absolute Gasteiger partial charge is 0.360 e. The molecule has 100 valence electrons. The van der Waals surface area contributed by atoms with Crippen molar-refractivity contribution in [1.82, 2.24) is 10.3 Å². The number of rotatable bonds is 3. The molecule has 2 aromatic rings. The zero-order valence-corrected chi connectivity index (χ0v) is 11.3. The first-order chi connectivity index (χ1) is 9.26. The van der Waals surface area contributed by atoms with Gasteiger partial charge in [-0.25, -0.2) is 9.37 Å². The number of thiazole rings is 1. The predicted octanol–water partition coefficient (Wildman–Crippen LogP) is 2.99. The highest BCUT2D eigenvalue weighted by Gasteiger charge is 2.37. The van der Waals surface area contributed by atoms with Crippen LogP contribution < -0.4 is 10.6 Å². The van der Waals surface area contributed by atoms with E-state index in [4.69, 9.17) is 0 Å². The fraction of sp³-hybridized carbons (Fsp3) is 0.500. The number of halogens is 1. The van der Waals surface area contributed by atoms with Crippen molar-refractivity contribution in [3.8, 4) is 0 Å². The number of benzene rings is 1. The Morgan fingerprint density at radius 2 is 2.26 bits per heavy atom. The molecule has 1 atom stereocenters. The molecule has 1 unspecified atom stereocenters. The summed E-state index contributed by atoms with van der Waals surface area (Å²) in [4.78, 5) is 4.48. The number of fused-ring (bicyclic) bond motifs is 3. The van der Waals surface area contributed by atoms with E-state index in [2.05, 4.69) is 15.6 Å². The SMILES string of the molecule is Fc1ccc2nc(NCC3CC4CC(C4)N3)sc2c1. The molecule has 1 aromatic carbocycles. The van der Waals surface area contributed by atoms with Gasteiger partial charge in [0.25, 0.3) is 0 Å². The third-order valence-corrected chi connectivity index (χ3v) is 5.15. The Morgan fingerprint density at radius 3 is 3.05 bits per heavy atom. The highest BCUT2D eigenvalue weighted by Crippen LogP contribution is 2.36. The van der Waals surface area contributed by atoms with Gasteiger partial charge in [-0.3, -0.25) is 0 Å². The fourth-order valence-electron chi connectivity index (χ4n) is 3.19. The molecule has 2 saturated heterocycles. The number of hydrogen-bond donors (Lipinski definition) is 2. The Kier molecular flexibility index (Phi) is 2.70. The number of piperidine rings is 2. The van der Waals surface area contributed by atoms with Crippen LogP contribution in [0.1, 0.15) is 19.3 Å². The Labute approximate surface area is 115 Å². The van der Waals surface area contributed by atoms with Crippen molar-refractivity contribution >= 4 is 26.7 Å². The Hall–Kier alpha value is -1.20. The van der Waals surface area contributed by atoms with Crippen molar-refractivity contribution in [2.75, 3.05) is 11.9 Å². The molecule has 0 spiro atoms. The average Bonchev–Trinajstić information content (AvgIpc) is 2.78. The molecule has 1 aliphatic carbocycles. The van der Waals surface area contributed by atoms with Gasteiger partial charge in [-0.1, -0.05) is 11.3 Å². The Balaban J connectivity index is 1.43. The summed E-state index contributed by atoms with van der Waals surface area (Å²) in [6.45, 7) is 0.912. The Morgan fingerprint density at radius 1 is 1.37 bits per heavy atom. The fourth-order valence-corrected chi connectivity index (χ4v) is 4.09. The first kappa shape index (κ1) is 11.6. The van der Waals surface area contributed by atoms with Gasteiger partial charge in [0, 0.05) is 18.6 Å². The van der Waals surface area contributed by atoms with E-state index < -0.39 is 0 Å². The number of aromatic nitrogens is 1. The predicted molar refractivity (Wildman–Crippen MR) is 76.1 cm³/mol. The molecule has 5 heteroatoms. The average molecular weight is 277 g/mol. The molecule has 1 aromatic heterocycles. The zero-order chi connectivity index (χ0) is 12.8. The lowest BCUT2D eigenvalue weighted by atomic mass is 9.72. The molecule has 2 bridgehead atoms. The summed E-state index contributed by atoms with van der Waals surface area (Å²) in [5.74, 6) is 0.735. The molecule has 3 fully saturated rings. The summed E-state index contributed by atoms with van der Waals surface area (Å²) >= 11 is 1.52. The maximum Gasteiger partial charge on any atom is 0.183 e. The highest BCUT2D eigenvalue weighted by molar-refractivity contribution is 7.22. The Bertz CT molecular complexity index is 596. The molecule has 3 aliphatic rings. The van der Waals surface area contributed by atoms with Crippen LogP contribution in [-0.2, 0) is 0 Å². The number of anilines is 1. The summed E-state index contributed by atoms with van der Waals surface area (Å²) in [5.41, 5.74) is 0.869. The summed E-state index contributed by atoms with van der Waals surface area (Å²) < 4.78 is 14.0. The molecule has 2 aliphatic heterocycles. The van der Waals surface area contributed by atoms with Gasteiger partial charge in [-0.15, -0.1) is 0 Å².